The zero-order chi connectivity index (χ0) is 12.8. The minimum Gasteiger partial charge on any atom is -0.336 e. The first-order valence-electron chi connectivity index (χ1n) is 6.08. The molecule has 1 amide bonds. The van der Waals surface area contributed by atoms with Crippen molar-refractivity contribution in [3.63, 3.8) is 0 Å². The van der Waals surface area contributed by atoms with Gasteiger partial charge < -0.3 is 9.47 Å². The van der Waals surface area contributed by atoms with Crippen LogP contribution in [0.25, 0.3) is 0 Å². The standard InChI is InChI=1S/C11H14F2N4O/c12-11(13)3-4-16(6-11)10(18)8-1-2-9-15-14-7-17(9)5-8/h7-8H,1-6H2. The van der Waals surface area contributed by atoms with Gasteiger partial charge in [0.15, 0.2) is 0 Å². The summed E-state index contributed by atoms with van der Waals surface area (Å²) in [6.07, 6.45) is 2.72. The highest BCUT2D eigenvalue weighted by Crippen LogP contribution is 2.29. The van der Waals surface area contributed by atoms with Gasteiger partial charge in [0.05, 0.1) is 12.5 Å². The van der Waals surface area contributed by atoms with Gasteiger partial charge in [-0.3, -0.25) is 4.79 Å². The first kappa shape index (κ1) is 11.6. The highest BCUT2D eigenvalue weighted by atomic mass is 19.3. The molecule has 1 atom stereocenters. The molecule has 0 spiro atoms. The van der Waals surface area contributed by atoms with Crippen molar-refractivity contribution in [1.29, 1.82) is 0 Å². The Morgan fingerprint density at radius 1 is 1.50 bits per heavy atom. The molecule has 3 heterocycles. The van der Waals surface area contributed by atoms with Crippen LogP contribution in [0.3, 0.4) is 0 Å². The Hall–Kier alpha value is -1.53. The van der Waals surface area contributed by atoms with Crippen LogP contribution in [0, 0.1) is 5.92 Å². The Morgan fingerprint density at radius 3 is 3.06 bits per heavy atom. The van der Waals surface area contributed by atoms with Crippen molar-refractivity contribution in [3.8, 4) is 0 Å². The highest BCUT2D eigenvalue weighted by molar-refractivity contribution is 5.79. The van der Waals surface area contributed by atoms with E-state index < -0.39 is 12.5 Å². The lowest BCUT2D eigenvalue weighted by atomic mass is 9.98. The third kappa shape index (κ3) is 1.97. The molecule has 5 nitrogen and oxygen atoms in total. The van der Waals surface area contributed by atoms with Crippen molar-refractivity contribution in [2.45, 2.75) is 31.7 Å². The summed E-state index contributed by atoms with van der Waals surface area (Å²) >= 11 is 0. The van der Waals surface area contributed by atoms with Gasteiger partial charge in [0.2, 0.25) is 5.91 Å². The largest absolute Gasteiger partial charge is 0.336 e. The number of fused-ring (bicyclic) bond motifs is 1. The van der Waals surface area contributed by atoms with Crippen molar-refractivity contribution < 1.29 is 13.6 Å². The van der Waals surface area contributed by atoms with E-state index >= 15 is 0 Å². The lowest BCUT2D eigenvalue weighted by Crippen LogP contribution is -2.39. The fourth-order valence-electron chi connectivity index (χ4n) is 2.64. The van der Waals surface area contributed by atoms with Crippen molar-refractivity contribution in [2.75, 3.05) is 13.1 Å². The van der Waals surface area contributed by atoms with Crippen molar-refractivity contribution in [3.05, 3.63) is 12.2 Å². The lowest BCUT2D eigenvalue weighted by molar-refractivity contribution is -0.137. The number of hydrogen-bond donors (Lipinski definition) is 0. The van der Waals surface area contributed by atoms with Gasteiger partial charge in [-0.25, -0.2) is 8.78 Å². The van der Waals surface area contributed by atoms with E-state index in [2.05, 4.69) is 10.2 Å². The maximum Gasteiger partial charge on any atom is 0.267 e. The molecule has 0 aliphatic carbocycles. The number of halogens is 2. The second-order valence-corrected chi connectivity index (χ2v) is 5.00. The molecular weight excluding hydrogens is 242 g/mol. The molecule has 98 valence electrons. The van der Waals surface area contributed by atoms with Crippen LogP contribution < -0.4 is 0 Å². The van der Waals surface area contributed by atoms with E-state index in [4.69, 9.17) is 0 Å². The van der Waals surface area contributed by atoms with E-state index in [1.807, 2.05) is 4.57 Å². The third-order valence-corrected chi connectivity index (χ3v) is 3.66. The fraction of sp³-hybridized carbons (Fsp3) is 0.727. The smallest absolute Gasteiger partial charge is 0.267 e. The number of nitrogens with zero attached hydrogens (tertiary/aromatic N) is 4. The van der Waals surface area contributed by atoms with Crippen molar-refractivity contribution >= 4 is 5.91 Å². The van der Waals surface area contributed by atoms with Crippen LogP contribution in [0.5, 0.6) is 0 Å². The molecule has 18 heavy (non-hydrogen) atoms. The number of carbonyl (C=O) groups excluding carboxylic acids is 1. The van der Waals surface area contributed by atoms with E-state index in [0.717, 1.165) is 5.82 Å². The minimum absolute atomic E-state index is 0.161. The SMILES string of the molecule is O=C(C1CCc2nncn2C1)N1CCC(F)(F)C1. The average molecular weight is 256 g/mol. The number of likely N-dealkylation sites (tertiary alicyclic amines) is 1. The predicted molar refractivity (Wildman–Crippen MR) is 58.0 cm³/mol. The molecule has 1 aromatic heterocycles. The normalized spacial score (nSPS) is 26.1. The fourth-order valence-corrected chi connectivity index (χ4v) is 2.64. The van der Waals surface area contributed by atoms with Crippen LogP contribution in [-0.4, -0.2) is 44.6 Å². The van der Waals surface area contributed by atoms with Crippen LogP contribution >= 0.6 is 0 Å². The van der Waals surface area contributed by atoms with E-state index in [1.54, 1.807) is 6.33 Å². The number of amides is 1. The summed E-state index contributed by atoms with van der Waals surface area (Å²) in [5.74, 6) is -2.23. The summed E-state index contributed by atoms with van der Waals surface area (Å²) in [5, 5.41) is 7.73. The monoisotopic (exact) mass is 256 g/mol. The molecule has 0 aromatic carbocycles. The number of alkyl halides is 2. The summed E-state index contributed by atoms with van der Waals surface area (Å²) in [7, 11) is 0. The minimum atomic E-state index is -2.72. The van der Waals surface area contributed by atoms with E-state index in [0.29, 0.717) is 19.4 Å². The zero-order valence-electron chi connectivity index (χ0n) is 9.85. The Kier molecular flexibility index (Phi) is 2.57. The first-order valence-corrected chi connectivity index (χ1v) is 6.08. The summed E-state index contributed by atoms with van der Waals surface area (Å²) in [4.78, 5) is 13.4. The summed E-state index contributed by atoms with van der Waals surface area (Å²) in [6.45, 7) is 0.234. The van der Waals surface area contributed by atoms with Gasteiger partial charge in [0.1, 0.15) is 12.2 Å². The molecule has 0 bridgehead atoms. The molecule has 1 unspecified atom stereocenters. The molecule has 0 saturated carbocycles. The van der Waals surface area contributed by atoms with Crippen LogP contribution in [0.2, 0.25) is 0 Å². The molecule has 2 aliphatic heterocycles. The van der Waals surface area contributed by atoms with Gasteiger partial charge in [0.25, 0.3) is 5.92 Å². The van der Waals surface area contributed by atoms with Gasteiger partial charge in [-0.2, -0.15) is 0 Å². The first-order chi connectivity index (χ1) is 8.55. The highest BCUT2D eigenvalue weighted by Gasteiger charge is 2.42. The maximum absolute atomic E-state index is 13.1. The number of aromatic nitrogens is 3. The van der Waals surface area contributed by atoms with Gasteiger partial charge >= 0.3 is 0 Å². The molecule has 0 N–H and O–H groups in total. The van der Waals surface area contributed by atoms with Gasteiger partial charge in [0, 0.05) is 25.9 Å². The number of hydrogen-bond acceptors (Lipinski definition) is 3. The number of aryl methyl sites for hydroxylation is 1. The second-order valence-electron chi connectivity index (χ2n) is 5.00. The summed E-state index contributed by atoms with van der Waals surface area (Å²) < 4.78 is 28.0. The molecule has 2 aliphatic rings. The second kappa shape index (κ2) is 4.00. The molecule has 7 heteroatoms. The molecule has 0 radical (unpaired) electrons. The molecule has 1 fully saturated rings. The number of carbonyl (C=O) groups is 1. The topological polar surface area (TPSA) is 51.0 Å². The zero-order valence-corrected chi connectivity index (χ0v) is 9.85. The van der Waals surface area contributed by atoms with Crippen LogP contribution in [0.4, 0.5) is 8.78 Å². The molecule has 3 rings (SSSR count). The number of rotatable bonds is 1. The summed E-state index contributed by atoms with van der Waals surface area (Å²) in [5.41, 5.74) is 0. The molecule has 1 aromatic rings. The van der Waals surface area contributed by atoms with Gasteiger partial charge in [-0.1, -0.05) is 0 Å². The lowest BCUT2D eigenvalue weighted by Gasteiger charge is -2.26. The molecular formula is C11H14F2N4O. The third-order valence-electron chi connectivity index (χ3n) is 3.66. The van der Waals surface area contributed by atoms with E-state index in [1.165, 1.54) is 4.90 Å². The van der Waals surface area contributed by atoms with Gasteiger partial charge in [-0.15, -0.1) is 10.2 Å². The predicted octanol–water partition coefficient (Wildman–Crippen LogP) is 0.708. The van der Waals surface area contributed by atoms with Crippen molar-refractivity contribution in [2.24, 2.45) is 5.92 Å². The van der Waals surface area contributed by atoms with E-state index in [9.17, 15) is 13.6 Å². The van der Waals surface area contributed by atoms with Crippen LogP contribution in [-0.2, 0) is 17.8 Å². The van der Waals surface area contributed by atoms with Crippen LogP contribution in [0.1, 0.15) is 18.7 Å². The maximum atomic E-state index is 13.1. The van der Waals surface area contributed by atoms with Gasteiger partial charge in [-0.05, 0) is 6.42 Å². The van der Waals surface area contributed by atoms with Crippen LogP contribution in [0.15, 0.2) is 6.33 Å². The average Bonchev–Trinajstić information content (AvgIpc) is 2.93. The Bertz CT molecular complexity index is 473. The Balaban J connectivity index is 1.68. The van der Waals surface area contributed by atoms with E-state index in [-0.39, 0.29) is 24.8 Å². The Labute approximate surface area is 103 Å². The van der Waals surface area contributed by atoms with Crippen molar-refractivity contribution in [1.82, 2.24) is 19.7 Å². The quantitative estimate of drug-likeness (QED) is 0.743. The molecule has 1 saturated heterocycles. The summed E-state index contributed by atoms with van der Waals surface area (Å²) in [6, 6.07) is 0. The Morgan fingerprint density at radius 2 is 2.33 bits per heavy atom.